The lowest BCUT2D eigenvalue weighted by Gasteiger charge is -2.12. The van der Waals surface area contributed by atoms with Crippen molar-refractivity contribution in [1.29, 1.82) is 0 Å². The van der Waals surface area contributed by atoms with Gasteiger partial charge in [-0.1, -0.05) is 24.6 Å². The van der Waals surface area contributed by atoms with Crippen LogP contribution in [0.15, 0.2) is 18.2 Å². The van der Waals surface area contributed by atoms with Gasteiger partial charge in [0, 0.05) is 0 Å². The maximum Gasteiger partial charge on any atom is 0.137 e. The number of halogens is 1. The first-order valence-corrected chi connectivity index (χ1v) is 5.10. The van der Waals surface area contributed by atoms with E-state index in [0.29, 0.717) is 17.5 Å². The number of ether oxygens (including phenoxy) is 1. The van der Waals surface area contributed by atoms with Gasteiger partial charge in [0.05, 0.1) is 12.1 Å². The van der Waals surface area contributed by atoms with Gasteiger partial charge in [0.15, 0.2) is 0 Å². The van der Waals surface area contributed by atoms with E-state index in [2.05, 4.69) is 6.92 Å². The van der Waals surface area contributed by atoms with E-state index in [4.69, 9.17) is 22.1 Å². The lowest BCUT2D eigenvalue weighted by atomic mass is 9.98. The molecule has 0 amide bonds. The quantitative estimate of drug-likeness (QED) is 0.835. The second-order valence-electron chi connectivity index (χ2n) is 3.37. The SMILES string of the molecule is COc1cc(C(C)CCN)ccc1Cl. The summed E-state index contributed by atoms with van der Waals surface area (Å²) < 4.78 is 5.15. The van der Waals surface area contributed by atoms with E-state index in [0.717, 1.165) is 12.2 Å². The second-order valence-corrected chi connectivity index (χ2v) is 3.78. The van der Waals surface area contributed by atoms with Crippen LogP contribution in [0.1, 0.15) is 24.8 Å². The molecule has 0 heterocycles. The predicted molar refractivity (Wildman–Crippen MR) is 60.1 cm³/mol. The summed E-state index contributed by atoms with van der Waals surface area (Å²) in [6, 6.07) is 5.86. The van der Waals surface area contributed by atoms with E-state index in [9.17, 15) is 0 Å². The van der Waals surface area contributed by atoms with Gasteiger partial charge in [0.2, 0.25) is 0 Å². The third kappa shape index (κ3) is 2.63. The van der Waals surface area contributed by atoms with Crippen molar-refractivity contribution in [2.24, 2.45) is 5.73 Å². The molecule has 0 saturated heterocycles. The van der Waals surface area contributed by atoms with Gasteiger partial charge in [-0.2, -0.15) is 0 Å². The Kier molecular flexibility index (Phi) is 4.23. The minimum absolute atomic E-state index is 0.450. The number of rotatable bonds is 4. The molecule has 1 aromatic rings. The molecule has 0 spiro atoms. The molecule has 1 atom stereocenters. The Balaban J connectivity index is 2.88. The molecule has 0 aliphatic heterocycles. The Morgan fingerprint density at radius 2 is 2.21 bits per heavy atom. The van der Waals surface area contributed by atoms with Crippen LogP contribution < -0.4 is 10.5 Å². The van der Waals surface area contributed by atoms with Crippen molar-refractivity contribution in [2.45, 2.75) is 19.3 Å². The van der Waals surface area contributed by atoms with Gasteiger partial charge in [0.1, 0.15) is 5.75 Å². The third-order valence-electron chi connectivity index (χ3n) is 2.34. The van der Waals surface area contributed by atoms with Crippen LogP contribution in [0.3, 0.4) is 0 Å². The van der Waals surface area contributed by atoms with Crippen LogP contribution in [0, 0.1) is 0 Å². The Labute approximate surface area is 90.0 Å². The summed E-state index contributed by atoms with van der Waals surface area (Å²) in [6.07, 6.45) is 0.977. The zero-order valence-corrected chi connectivity index (χ0v) is 9.34. The molecule has 0 saturated carbocycles. The molecule has 0 aliphatic rings. The van der Waals surface area contributed by atoms with Gasteiger partial charge in [-0.05, 0) is 36.6 Å². The first-order chi connectivity index (χ1) is 6.69. The summed E-state index contributed by atoms with van der Waals surface area (Å²) in [6.45, 7) is 2.85. The molecule has 2 N–H and O–H groups in total. The highest BCUT2D eigenvalue weighted by Crippen LogP contribution is 2.29. The zero-order chi connectivity index (χ0) is 10.6. The van der Waals surface area contributed by atoms with Crippen molar-refractivity contribution >= 4 is 11.6 Å². The Morgan fingerprint density at radius 3 is 2.79 bits per heavy atom. The van der Waals surface area contributed by atoms with E-state index in [1.165, 1.54) is 5.56 Å². The Hall–Kier alpha value is -0.730. The summed E-state index contributed by atoms with van der Waals surface area (Å²) in [7, 11) is 1.62. The highest BCUT2D eigenvalue weighted by atomic mass is 35.5. The fourth-order valence-corrected chi connectivity index (χ4v) is 1.59. The Morgan fingerprint density at radius 1 is 1.50 bits per heavy atom. The monoisotopic (exact) mass is 213 g/mol. The molecule has 1 aromatic carbocycles. The van der Waals surface area contributed by atoms with Crippen molar-refractivity contribution in [1.82, 2.24) is 0 Å². The smallest absolute Gasteiger partial charge is 0.137 e. The number of nitrogens with two attached hydrogens (primary N) is 1. The minimum Gasteiger partial charge on any atom is -0.495 e. The van der Waals surface area contributed by atoms with E-state index in [1.807, 2.05) is 18.2 Å². The lowest BCUT2D eigenvalue weighted by Crippen LogP contribution is -2.04. The van der Waals surface area contributed by atoms with Gasteiger partial charge in [-0.25, -0.2) is 0 Å². The lowest BCUT2D eigenvalue weighted by molar-refractivity contribution is 0.414. The first kappa shape index (κ1) is 11.3. The first-order valence-electron chi connectivity index (χ1n) is 4.72. The number of benzene rings is 1. The molecule has 1 unspecified atom stereocenters. The van der Waals surface area contributed by atoms with Gasteiger partial charge in [0.25, 0.3) is 0 Å². The van der Waals surface area contributed by atoms with Crippen LogP contribution in [0.5, 0.6) is 5.75 Å². The molecule has 14 heavy (non-hydrogen) atoms. The molecule has 2 nitrogen and oxygen atoms in total. The minimum atomic E-state index is 0.450. The summed E-state index contributed by atoms with van der Waals surface area (Å²) in [4.78, 5) is 0. The standard InChI is InChI=1S/C11H16ClNO/c1-8(5-6-13)9-3-4-10(12)11(7-9)14-2/h3-4,7-8H,5-6,13H2,1-2H3. The maximum atomic E-state index is 5.93. The summed E-state index contributed by atoms with van der Waals surface area (Å²) in [5, 5.41) is 0.649. The van der Waals surface area contributed by atoms with Crippen LogP contribution in [0.2, 0.25) is 5.02 Å². The normalized spacial score (nSPS) is 12.6. The molecular weight excluding hydrogens is 198 g/mol. The molecule has 3 heteroatoms. The highest BCUT2D eigenvalue weighted by molar-refractivity contribution is 6.32. The largest absolute Gasteiger partial charge is 0.495 e. The number of hydrogen-bond acceptors (Lipinski definition) is 2. The topological polar surface area (TPSA) is 35.2 Å². The molecular formula is C11H16ClNO. The molecule has 0 bridgehead atoms. The van der Waals surface area contributed by atoms with Crippen molar-refractivity contribution in [3.63, 3.8) is 0 Å². The predicted octanol–water partition coefficient (Wildman–Crippen LogP) is 2.80. The van der Waals surface area contributed by atoms with Crippen molar-refractivity contribution in [3.05, 3.63) is 28.8 Å². The Bertz CT molecular complexity index is 301. The summed E-state index contributed by atoms with van der Waals surface area (Å²) in [5.41, 5.74) is 6.73. The van der Waals surface area contributed by atoms with E-state index < -0.39 is 0 Å². The van der Waals surface area contributed by atoms with E-state index >= 15 is 0 Å². The van der Waals surface area contributed by atoms with Crippen LogP contribution in [-0.2, 0) is 0 Å². The molecule has 0 radical (unpaired) electrons. The zero-order valence-electron chi connectivity index (χ0n) is 8.59. The van der Waals surface area contributed by atoms with Gasteiger partial charge >= 0.3 is 0 Å². The fourth-order valence-electron chi connectivity index (χ4n) is 1.40. The van der Waals surface area contributed by atoms with Crippen LogP contribution in [0.25, 0.3) is 0 Å². The average molecular weight is 214 g/mol. The molecule has 0 aliphatic carbocycles. The van der Waals surface area contributed by atoms with Crippen LogP contribution >= 0.6 is 11.6 Å². The maximum absolute atomic E-state index is 5.93. The molecule has 78 valence electrons. The van der Waals surface area contributed by atoms with E-state index in [-0.39, 0.29) is 0 Å². The van der Waals surface area contributed by atoms with Crippen LogP contribution in [-0.4, -0.2) is 13.7 Å². The van der Waals surface area contributed by atoms with E-state index in [1.54, 1.807) is 7.11 Å². The van der Waals surface area contributed by atoms with Gasteiger partial charge in [-0.15, -0.1) is 0 Å². The molecule has 0 aromatic heterocycles. The van der Waals surface area contributed by atoms with Gasteiger partial charge < -0.3 is 10.5 Å². The average Bonchev–Trinajstić information content (AvgIpc) is 2.19. The number of hydrogen-bond donors (Lipinski definition) is 1. The van der Waals surface area contributed by atoms with Gasteiger partial charge in [-0.3, -0.25) is 0 Å². The molecule has 1 rings (SSSR count). The highest BCUT2D eigenvalue weighted by Gasteiger charge is 2.07. The van der Waals surface area contributed by atoms with Crippen molar-refractivity contribution < 1.29 is 4.74 Å². The third-order valence-corrected chi connectivity index (χ3v) is 2.66. The second kappa shape index (κ2) is 5.23. The summed E-state index contributed by atoms with van der Waals surface area (Å²) >= 11 is 5.93. The number of methoxy groups -OCH3 is 1. The van der Waals surface area contributed by atoms with Crippen molar-refractivity contribution in [3.8, 4) is 5.75 Å². The van der Waals surface area contributed by atoms with Crippen molar-refractivity contribution in [2.75, 3.05) is 13.7 Å². The summed E-state index contributed by atoms with van der Waals surface area (Å²) in [5.74, 6) is 1.18. The molecule has 0 fully saturated rings. The van der Waals surface area contributed by atoms with Crippen LogP contribution in [0.4, 0.5) is 0 Å². The fraction of sp³-hybridized carbons (Fsp3) is 0.455.